The van der Waals surface area contributed by atoms with E-state index in [1.165, 1.54) is 18.0 Å². The lowest BCUT2D eigenvalue weighted by Crippen LogP contribution is -2.31. The lowest BCUT2D eigenvalue weighted by Gasteiger charge is -2.20. The van der Waals surface area contributed by atoms with Crippen molar-refractivity contribution in [2.75, 3.05) is 18.6 Å². The van der Waals surface area contributed by atoms with Gasteiger partial charge in [-0.15, -0.1) is 0 Å². The molecule has 0 spiro atoms. The van der Waals surface area contributed by atoms with Crippen LogP contribution in [0.15, 0.2) is 48.5 Å². The summed E-state index contributed by atoms with van der Waals surface area (Å²) in [5.74, 6) is -1.43. The number of rotatable bonds is 7. The fraction of sp³-hybridized carbons (Fsp3) is 0.222. The van der Waals surface area contributed by atoms with Gasteiger partial charge in [0.05, 0.1) is 17.9 Å². The van der Waals surface area contributed by atoms with E-state index < -0.39 is 5.97 Å². The molecular formula is C18H20N2O4. The summed E-state index contributed by atoms with van der Waals surface area (Å²) in [5, 5.41) is 9.28. The van der Waals surface area contributed by atoms with Crippen LogP contribution < -0.4 is 10.6 Å². The van der Waals surface area contributed by atoms with Gasteiger partial charge in [0, 0.05) is 13.6 Å². The molecule has 126 valence electrons. The zero-order chi connectivity index (χ0) is 17.5. The van der Waals surface area contributed by atoms with Crippen molar-refractivity contribution in [2.45, 2.75) is 13.2 Å². The molecule has 0 aromatic heterocycles. The van der Waals surface area contributed by atoms with E-state index in [4.69, 9.17) is 10.5 Å². The van der Waals surface area contributed by atoms with Crippen molar-refractivity contribution in [1.82, 2.24) is 0 Å². The maximum Gasteiger partial charge on any atom is 0.337 e. The van der Waals surface area contributed by atoms with Crippen LogP contribution >= 0.6 is 0 Å². The van der Waals surface area contributed by atoms with Crippen molar-refractivity contribution in [1.29, 1.82) is 0 Å². The van der Waals surface area contributed by atoms with Crippen molar-refractivity contribution < 1.29 is 19.4 Å². The molecule has 2 rings (SSSR count). The first-order chi connectivity index (χ1) is 11.5. The maximum atomic E-state index is 12.3. The van der Waals surface area contributed by atoms with Crippen molar-refractivity contribution in [2.24, 2.45) is 5.73 Å². The number of carbonyl (C=O) groups excluding carboxylic acids is 1. The van der Waals surface area contributed by atoms with Gasteiger partial charge >= 0.3 is 5.97 Å². The number of benzene rings is 2. The summed E-state index contributed by atoms with van der Waals surface area (Å²) >= 11 is 0. The summed E-state index contributed by atoms with van der Waals surface area (Å²) in [7, 11) is 1.52. The minimum absolute atomic E-state index is 0.0473. The zero-order valence-electron chi connectivity index (χ0n) is 13.4. The van der Waals surface area contributed by atoms with Crippen LogP contribution in [0.3, 0.4) is 0 Å². The Morgan fingerprint density at radius 1 is 1.12 bits per heavy atom. The van der Waals surface area contributed by atoms with Gasteiger partial charge in [0.2, 0.25) is 0 Å². The minimum atomic E-state index is -1.10. The fourth-order valence-electron chi connectivity index (χ4n) is 2.22. The second-order valence-corrected chi connectivity index (χ2v) is 5.29. The highest BCUT2D eigenvalue weighted by Gasteiger charge is 2.19. The molecule has 0 aliphatic carbocycles. The second kappa shape index (κ2) is 8.24. The van der Waals surface area contributed by atoms with Gasteiger partial charge in [0.15, 0.2) is 0 Å². The molecule has 0 aliphatic rings. The maximum absolute atomic E-state index is 12.3. The third-order valence-electron chi connectivity index (χ3n) is 3.60. The van der Waals surface area contributed by atoms with E-state index in [-0.39, 0.29) is 24.6 Å². The molecule has 2 aromatic carbocycles. The van der Waals surface area contributed by atoms with Gasteiger partial charge < -0.3 is 20.5 Å². The summed E-state index contributed by atoms with van der Waals surface area (Å²) in [6.07, 6.45) is 0. The molecule has 1 amide bonds. The molecule has 3 N–H and O–H groups in total. The molecule has 0 bridgehead atoms. The first-order valence-corrected chi connectivity index (χ1v) is 7.47. The van der Waals surface area contributed by atoms with Gasteiger partial charge in [-0.1, -0.05) is 36.4 Å². The summed E-state index contributed by atoms with van der Waals surface area (Å²) in [6.45, 7) is 0.436. The Kier molecular flexibility index (Phi) is 6.06. The topological polar surface area (TPSA) is 92.9 Å². The highest BCUT2D eigenvalue weighted by Crippen LogP contribution is 2.22. The summed E-state index contributed by atoms with van der Waals surface area (Å²) in [5.41, 5.74) is 7.65. The zero-order valence-corrected chi connectivity index (χ0v) is 13.4. The molecular weight excluding hydrogens is 308 g/mol. The van der Waals surface area contributed by atoms with Crippen LogP contribution in [-0.4, -0.2) is 30.6 Å². The van der Waals surface area contributed by atoms with E-state index in [1.54, 1.807) is 12.1 Å². The molecule has 6 nitrogen and oxygen atoms in total. The SMILES string of the molecule is CN(C(=O)COCc1ccccc1)c1cc(CN)ccc1C(=O)O. The lowest BCUT2D eigenvalue weighted by atomic mass is 10.1. The summed E-state index contributed by atoms with van der Waals surface area (Å²) in [4.78, 5) is 24.9. The molecule has 2 aromatic rings. The first kappa shape index (κ1) is 17.7. The second-order valence-electron chi connectivity index (χ2n) is 5.29. The number of ether oxygens (including phenoxy) is 1. The van der Waals surface area contributed by atoms with E-state index in [0.717, 1.165) is 11.1 Å². The molecule has 6 heteroatoms. The number of carboxylic acids is 1. The molecule has 0 saturated heterocycles. The Morgan fingerprint density at radius 3 is 2.46 bits per heavy atom. The van der Waals surface area contributed by atoms with Crippen LogP contribution in [0.1, 0.15) is 21.5 Å². The van der Waals surface area contributed by atoms with E-state index in [1.807, 2.05) is 30.3 Å². The average molecular weight is 328 g/mol. The Labute approximate surface area is 140 Å². The number of carboxylic acid groups (broad SMARTS) is 1. The van der Waals surface area contributed by atoms with E-state index in [9.17, 15) is 14.7 Å². The molecule has 0 saturated carbocycles. The largest absolute Gasteiger partial charge is 0.478 e. The number of anilines is 1. The third kappa shape index (κ3) is 4.41. The molecule has 0 aliphatic heterocycles. The smallest absolute Gasteiger partial charge is 0.337 e. The van der Waals surface area contributed by atoms with Crippen molar-refractivity contribution in [3.8, 4) is 0 Å². The molecule has 0 radical (unpaired) electrons. The van der Waals surface area contributed by atoms with E-state index >= 15 is 0 Å². The predicted molar refractivity (Wildman–Crippen MR) is 90.8 cm³/mol. The van der Waals surface area contributed by atoms with Crippen LogP contribution in [0.2, 0.25) is 0 Å². The number of hydrogen-bond acceptors (Lipinski definition) is 4. The number of likely N-dealkylation sites (N-methyl/N-ethyl adjacent to an activating group) is 1. The summed E-state index contributed by atoms with van der Waals surface area (Å²) in [6, 6.07) is 14.2. The van der Waals surface area contributed by atoms with Gasteiger partial charge in [-0.25, -0.2) is 4.79 Å². The monoisotopic (exact) mass is 328 g/mol. The van der Waals surface area contributed by atoms with Gasteiger partial charge in [0.1, 0.15) is 6.61 Å². The fourth-order valence-corrected chi connectivity index (χ4v) is 2.22. The number of hydrogen-bond donors (Lipinski definition) is 2. The third-order valence-corrected chi connectivity index (χ3v) is 3.60. The average Bonchev–Trinajstić information content (AvgIpc) is 2.61. The van der Waals surface area contributed by atoms with E-state index in [0.29, 0.717) is 12.3 Å². The normalized spacial score (nSPS) is 10.4. The Hall–Kier alpha value is -2.70. The van der Waals surface area contributed by atoms with Crippen molar-refractivity contribution in [3.63, 3.8) is 0 Å². The molecule has 0 heterocycles. The predicted octanol–water partition coefficient (Wildman–Crippen LogP) is 2.02. The van der Waals surface area contributed by atoms with Crippen LogP contribution in [0, 0.1) is 0 Å². The lowest BCUT2D eigenvalue weighted by molar-refractivity contribution is -0.123. The van der Waals surface area contributed by atoms with Gasteiger partial charge in [0.25, 0.3) is 5.91 Å². The Morgan fingerprint density at radius 2 is 1.83 bits per heavy atom. The van der Waals surface area contributed by atoms with Crippen LogP contribution in [-0.2, 0) is 22.7 Å². The van der Waals surface area contributed by atoms with E-state index in [2.05, 4.69) is 0 Å². The number of aromatic carboxylic acids is 1. The van der Waals surface area contributed by atoms with Gasteiger partial charge in [-0.2, -0.15) is 0 Å². The minimum Gasteiger partial charge on any atom is -0.478 e. The highest BCUT2D eigenvalue weighted by atomic mass is 16.5. The molecule has 0 atom stereocenters. The van der Waals surface area contributed by atoms with Crippen LogP contribution in [0.25, 0.3) is 0 Å². The molecule has 0 unspecified atom stereocenters. The van der Waals surface area contributed by atoms with Crippen LogP contribution in [0.5, 0.6) is 0 Å². The Balaban J connectivity index is 2.05. The Bertz CT molecular complexity index is 716. The van der Waals surface area contributed by atoms with Crippen molar-refractivity contribution in [3.05, 3.63) is 65.2 Å². The standard InChI is InChI=1S/C18H20N2O4/c1-20(16-9-14(10-19)7-8-15(16)18(22)23)17(21)12-24-11-13-5-3-2-4-6-13/h2-9H,10-12,19H2,1H3,(H,22,23). The number of amides is 1. The van der Waals surface area contributed by atoms with Gasteiger partial charge in [-0.05, 0) is 23.3 Å². The summed E-state index contributed by atoms with van der Waals surface area (Å²) < 4.78 is 5.42. The number of nitrogens with two attached hydrogens (primary N) is 1. The first-order valence-electron chi connectivity index (χ1n) is 7.47. The highest BCUT2D eigenvalue weighted by molar-refractivity contribution is 6.02. The van der Waals surface area contributed by atoms with Gasteiger partial charge in [-0.3, -0.25) is 4.79 Å². The number of carbonyl (C=O) groups is 2. The van der Waals surface area contributed by atoms with Crippen molar-refractivity contribution >= 4 is 17.6 Å². The quantitative estimate of drug-likeness (QED) is 0.811. The number of nitrogens with zero attached hydrogens (tertiary/aromatic N) is 1. The molecule has 0 fully saturated rings. The molecule has 24 heavy (non-hydrogen) atoms. The van der Waals surface area contributed by atoms with Crippen LogP contribution in [0.4, 0.5) is 5.69 Å².